The van der Waals surface area contributed by atoms with E-state index in [1.807, 2.05) is 34.9 Å². The number of nitrogens with zero attached hydrogens (tertiary/aromatic N) is 2. The van der Waals surface area contributed by atoms with E-state index in [0.29, 0.717) is 0 Å². The lowest BCUT2D eigenvalue weighted by atomic mass is 10.2. The number of carbonyl (C=O) groups is 1. The monoisotopic (exact) mass is 273 g/mol. The molecular formula is C15H19N3O2. The van der Waals surface area contributed by atoms with E-state index in [1.54, 1.807) is 12.5 Å². The average molecular weight is 273 g/mol. The molecule has 20 heavy (non-hydrogen) atoms. The highest BCUT2D eigenvalue weighted by atomic mass is 16.5. The Hall–Kier alpha value is -2.30. The van der Waals surface area contributed by atoms with Gasteiger partial charge in [0.2, 0.25) is 0 Å². The standard InChI is InChI=1S/C15H19N3O2/c1-3-9-18-11-16-10-13(18)14(15(19)20-2)17-12-7-5-4-6-8-12/h4-8,10-11,14,17H,3,9H2,1-2H3. The lowest BCUT2D eigenvalue weighted by Crippen LogP contribution is -2.25. The molecule has 1 atom stereocenters. The van der Waals surface area contributed by atoms with Crippen LogP contribution in [0.5, 0.6) is 0 Å². The summed E-state index contributed by atoms with van der Waals surface area (Å²) in [6.07, 6.45) is 4.41. The fraction of sp³-hybridized carbons (Fsp3) is 0.333. The number of esters is 1. The fourth-order valence-corrected chi connectivity index (χ4v) is 2.07. The molecule has 5 nitrogen and oxygen atoms in total. The topological polar surface area (TPSA) is 56.2 Å². The van der Waals surface area contributed by atoms with E-state index < -0.39 is 6.04 Å². The minimum Gasteiger partial charge on any atom is -0.467 e. The van der Waals surface area contributed by atoms with Crippen LogP contribution in [0.15, 0.2) is 42.9 Å². The molecular weight excluding hydrogens is 254 g/mol. The minimum absolute atomic E-state index is 0.327. The Morgan fingerprint density at radius 1 is 1.40 bits per heavy atom. The normalized spacial score (nSPS) is 11.9. The van der Waals surface area contributed by atoms with Crippen LogP contribution in [0.3, 0.4) is 0 Å². The molecule has 1 N–H and O–H groups in total. The van der Waals surface area contributed by atoms with Crippen LogP contribution in [0.2, 0.25) is 0 Å². The second-order valence-electron chi connectivity index (χ2n) is 4.48. The number of hydrogen-bond acceptors (Lipinski definition) is 4. The number of carbonyl (C=O) groups excluding carboxylic acids is 1. The number of rotatable bonds is 6. The molecule has 106 valence electrons. The molecule has 0 saturated heterocycles. The van der Waals surface area contributed by atoms with Gasteiger partial charge in [0.25, 0.3) is 0 Å². The largest absolute Gasteiger partial charge is 0.467 e. The van der Waals surface area contributed by atoms with Gasteiger partial charge in [-0.2, -0.15) is 0 Å². The lowest BCUT2D eigenvalue weighted by Gasteiger charge is -2.19. The van der Waals surface area contributed by atoms with Crippen molar-refractivity contribution in [3.8, 4) is 0 Å². The first kappa shape index (κ1) is 14.1. The molecule has 1 aromatic carbocycles. The predicted octanol–water partition coefficient (Wildman–Crippen LogP) is 2.62. The first-order valence-corrected chi connectivity index (χ1v) is 6.65. The molecule has 0 amide bonds. The van der Waals surface area contributed by atoms with Crippen molar-refractivity contribution in [2.75, 3.05) is 12.4 Å². The highest BCUT2D eigenvalue weighted by Crippen LogP contribution is 2.21. The van der Waals surface area contributed by atoms with Gasteiger partial charge in [-0.1, -0.05) is 25.1 Å². The van der Waals surface area contributed by atoms with Crippen LogP contribution < -0.4 is 5.32 Å². The summed E-state index contributed by atoms with van der Waals surface area (Å²) in [6.45, 7) is 2.90. The molecule has 1 aromatic heterocycles. The van der Waals surface area contributed by atoms with Crippen molar-refractivity contribution in [3.05, 3.63) is 48.5 Å². The molecule has 0 bridgehead atoms. The third-order valence-corrected chi connectivity index (χ3v) is 3.03. The van der Waals surface area contributed by atoms with Crippen molar-refractivity contribution < 1.29 is 9.53 Å². The molecule has 0 fully saturated rings. The highest BCUT2D eigenvalue weighted by molar-refractivity contribution is 5.80. The summed E-state index contributed by atoms with van der Waals surface area (Å²) >= 11 is 0. The number of aryl methyl sites for hydroxylation is 1. The molecule has 0 aliphatic rings. The van der Waals surface area contributed by atoms with Gasteiger partial charge in [-0.05, 0) is 18.6 Å². The summed E-state index contributed by atoms with van der Waals surface area (Å²) < 4.78 is 6.87. The van der Waals surface area contributed by atoms with E-state index in [9.17, 15) is 4.79 Å². The zero-order valence-electron chi connectivity index (χ0n) is 11.7. The first-order valence-electron chi connectivity index (χ1n) is 6.65. The second kappa shape index (κ2) is 6.75. The zero-order chi connectivity index (χ0) is 14.4. The molecule has 0 aliphatic heterocycles. The van der Waals surface area contributed by atoms with E-state index in [0.717, 1.165) is 24.3 Å². The van der Waals surface area contributed by atoms with Gasteiger partial charge in [0.15, 0.2) is 6.04 Å². The van der Waals surface area contributed by atoms with Gasteiger partial charge in [0.05, 0.1) is 25.3 Å². The van der Waals surface area contributed by atoms with Crippen molar-refractivity contribution in [2.45, 2.75) is 25.9 Å². The number of methoxy groups -OCH3 is 1. The van der Waals surface area contributed by atoms with Crippen LogP contribution in [0.25, 0.3) is 0 Å². The summed E-state index contributed by atoms with van der Waals surface area (Å²) in [4.78, 5) is 16.2. The summed E-state index contributed by atoms with van der Waals surface area (Å²) in [5, 5.41) is 3.20. The Kier molecular flexibility index (Phi) is 4.76. The molecule has 1 heterocycles. The molecule has 5 heteroatoms. The molecule has 0 spiro atoms. The molecule has 0 aliphatic carbocycles. The van der Waals surface area contributed by atoms with Gasteiger partial charge in [-0.25, -0.2) is 9.78 Å². The van der Waals surface area contributed by atoms with E-state index in [2.05, 4.69) is 17.2 Å². The van der Waals surface area contributed by atoms with Gasteiger partial charge in [0.1, 0.15) is 0 Å². The van der Waals surface area contributed by atoms with Gasteiger partial charge in [-0.15, -0.1) is 0 Å². The molecule has 2 rings (SSSR count). The quantitative estimate of drug-likeness (QED) is 0.822. The maximum atomic E-state index is 12.0. The molecule has 1 unspecified atom stereocenters. The van der Waals surface area contributed by atoms with Crippen molar-refractivity contribution in [1.29, 1.82) is 0 Å². The van der Waals surface area contributed by atoms with Crippen LogP contribution in [0, 0.1) is 0 Å². The number of benzene rings is 1. The predicted molar refractivity (Wildman–Crippen MR) is 77.3 cm³/mol. The van der Waals surface area contributed by atoms with Crippen LogP contribution in [0.1, 0.15) is 25.1 Å². The number of nitrogens with one attached hydrogen (secondary N) is 1. The maximum Gasteiger partial charge on any atom is 0.334 e. The Labute approximate surface area is 118 Å². The maximum absolute atomic E-state index is 12.0. The average Bonchev–Trinajstić information content (AvgIpc) is 2.93. The number of hydrogen-bond donors (Lipinski definition) is 1. The van der Waals surface area contributed by atoms with Crippen LogP contribution in [-0.2, 0) is 16.1 Å². The van der Waals surface area contributed by atoms with Gasteiger partial charge in [0, 0.05) is 12.2 Å². The van der Waals surface area contributed by atoms with Crippen molar-refractivity contribution in [2.24, 2.45) is 0 Å². The Balaban J connectivity index is 2.28. The summed E-state index contributed by atoms with van der Waals surface area (Å²) in [5.41, 5.74) is 1.68. The van der Waals surface area contributed by atoms with Gasteiger partial charge < -0.3 is 14.6 Å². The van der Waals surface area contributed by atoms with Gasteiger partial charge >= 0.3 is 5.97 Å². The Morgan fingerprint density at radius 3 is 2.80 bits per heavy atom. The van der Waals surface area contributed by atoms with Crippen LogP contribution >= 0.6 is 0 Å². The fourth-order valence-electron chi connectivity index (χ4n) is 2.07. The zero-order valence-corrected chi connectivity index (χ0v) is 11.7. The number of imidazole rings is 1. The second-order valence-corrected chi connectivity index (χ2v) is 4.48. The summed E-state index contributed by atoms with van der Waals surface area (Å²) in [5.74, 6) is -0.327. The SMILES string of the molecule is CCCn1cncc1C(Nc1ccccc1)C(=O)OC. The van der Waals surface area contributed by atoms with E-state index in [-0.39, 0.29) is 5.97 Å². The Bertz CT molecular complexity index is 551. The molecule has 0 radical (unpaired) electrons. The van der Waals surface area contributed by atoms with Crippen molar-refractivity contribution in [1.82, 2.24) is 9.55 Å². The van der Waals surface area contributed by atoms with Crippen molar-refractivity contribution in [3.63, 3.8) is 0 Å². The third-order valence-electron chi connectivity index (χ3n) is 3.03. The Morgan fingerprint density at radius 2 is 2.15 bits per heavy atom. The number of aromatic nitrogens is 2. The number of para-hydroxylation sites is 1. The lowest BCUT2D eigenvalue weighted by molar-refractivity contribution is -0.141. The first-order chi connectivity index (χ1) is 9.76. The highest BCUT2D eigenvalue weighted by Gasteiger charge is 2.24. The summed E-state index contributed by atoms with van der Waals surface area (Å²) in [7, 11) is 1.39. The summed E-state index contributed by atoms with van der Waals surface area (Å²) in [6, 6.07) is 9.03. The third kappa shape index (κ3) is 3.17. The molecule has 2 aromatic rings. The smallest absolute Gasteiger partial charge is 0.334 e. The van der Waals surface area contributed by atoms with E-state index in [4.69, 9.17) is 4.74 Å². The van der Waals surface area contributed by atoms with Crippen LogP contribution in [0.4, 0.5) is 5.69 Å². The van der Waals surface area contributed by atoms with E-state index >= 15 is 0 Å². The number of anilines is 1. The number of ether oxygens (including phenoxy) is 1. The van der Waals surface area contributed by atoms with E-state index in [1.165, 1.54) is 7.11 Å². The minimum atomic E-state index is -0.559. The van der Waals surface area contributed by atoms with Gasteiger partial charge in [-0.3, -0.25) is 0 Å². The molecule has 0 saturated carbocycles. The van der Waals surface area contributed by atoms with Crippen molar-refractivity contribution >= 4 is 11.7 Å². The van der Waals surface area contributed by atoms with Crippen LogP contribution in [-0.4, -0.2) is 22.6 Å².